The van der Waals surface area contributed by atoms with E-state index in [0.717, 1.165) is 10.2 Å². The minimum Gasteiger partial charge on any atom is -0.461 e. The van der Waals surface area contributed by atoms with E-state index < -0.39 is 5.60 Å². The Morgan fingerprint density at radius 3 is 2.88 bits per heavy atom. The zero-order chi connectivity index (χ0) is 12.0. The number of pyridine rings is 1. The molecular weight excluding hydrogens is 272 g/mol. The Hall–Kier alpha value is -0.940. The highest BCUT2D eigenvalue weighted by atomic mass is 79.9. The van der Waals surface area contributed by atoms with Crippen LogP contribution in [0.5, 0.6) is 0 Å². The summed E-state index contributed by atoms with van der Waals surface area (Å²) in [6.07, 6.45) is 1.75. The average molecular weight is 287 g/mol. The van der Waals surface area contributed by atoms with E-state index in [2.05, 4.69) is 26.2 Å². The summed E-state index contributed by atoms with van der Waals surface area (Å²) in [6.45, 7) is 5.41. The van der Waals surface area contributed by atoms with Crippen LogP contribution in [-0.2, 0) is 16.1 Å². The highest BCUT2D eigenvalue weighted by Gasteiger charge is 2.17. The number of carbonyl (C=O) groups excluding carboxylic acids is 1. The van der Waals surface area contributed by atoms with Crippen LogP contribution >= 0.6 is 15.9 Å². The molecule has 0 atom stereocenters. The minimum atomic E-state index is -0.489. The Bertz CT molecular complexity index is 338. The molecule has 0 bridgehead atoms. The van der Waals surface area contributed by atoms with E-state index in [1.54, 1.807) is 6.20 Å². The molecule has 4 nitrogen and oxygen atoms in total. The van der Waals surface area contributed by atoms with Crippen molar-refractivity contribution in [2.45, 2.75) is 26.0 Å². The summed E-state index contributed by atoms with van der Waals surface area (Å²) in [5, 5.41) is 3.18. The summed E-state index contributed by atoms with van der Waals surface area (Å²) in [5.41, 5.74) is 0.460. The maximum Gasteiger partial charge on any atom is 0.293 e. The van der Waals surface area contributed by atoms with Gasteiger partial charge in [-0.2, -0.15) is 0 Å². The molecule has 1 aromatic heterocycles. The lowest BCUT2D eigenvalue weighted by Gasteiger charge is -2.22. The maximum atomic E-state index is 10.2. The predicted molar refractivity (Wildman–Crippen MR) is 64.9 cm³/mol. The third kappa shape index (κ3) is 4.72. The van der Waals surface area contributed by atoms with Crippen LogP contribution in [0.2, 0.25) is 0 Å². The Labute approximate surface area is 104 Å². The lowest BCUT2D eigenvalue weighted by Crippen LogP contribution is -2.37. The van der Waals surface area contributed by atoms with E-state index in [0.29, 0.717) is 19.6 Å². The molecule has 0 saturated carbocycles. The molecule has 0 fully saturated rings. The first kappa shape index (κ1) is 13.1. The number of hydrogen-bond acceptors (Lipinski definition) is 4. The van der Waals surface area contributed by atoms with Crippen molar-refractivity contribution in [1.82, 2.24) is 10.3 Å². The number of aromatic nitrogens is 1. The second-order valence-electron chi connectivity index (χ2n) is 4.05. The van der Waals surface area contributed by atoms with Gasteiger partial charge in [0, 0.05) is 23.8 Å². The van der Waals surface area contributed by atoms with Crippen LogP contribution in [0.25, 0.3) is 0 Å². The molecule has 5 heteroatoms. The van der Waals surface area contributed by atoms with Crippen molar-refractivity contribution in [2.24, 2.45) is 0 Å². The molecule has 16 heavy (non-hydrogen) atoms. The fourth-order valence-electron chi connectivity index (χ4n) is 1.17. The van der Waals surface area contributed by atoms with Gasteiger partial charge in [-0.05, 0) is 41.9 Å². The molecule has 0 aliphatic heterocycles. The molecule has 1 N–H and O–H groups in total. The Balaban J connectivity index is 2.35. The van der Waals surface area contributed by atoms with Crippen LogP contribution < -0.4 is 5.32 Å². The molecule has 0 aliphatic carbocycles. The number of carbonyl (C=O) groups is 1. The second-order valence-corrected chi connectivity index (χ2v) is 4.96. The first-order valence-corrected chi connectivity index (χ1v) is 5.75. The first-order chi connectivity index (χ1) is 7.53. The molecule has 0 spiro atoms. The third-order valence-corrected chi connectivity index (χ3v) is 2.48. The standard InChI is InChI=1S/C11H15BrN2O2/c1-11(2,16-8-15)7-13-6-10-4-3-9(12)5-14-10/h3-5,8,13H,6-7H2,1-2H3. The summed E-state index contributed by atoms with van der Waals surface area (Å²) in [7, 11) is 0. The predicted octanol–water partition coefficient (Wildman–Crippen LogP) is 1.89. The molecule has 1 rings (SSSR count). The van der Waals surface area contributed by atoms with Crippen LogP contribution in [0.4, 0.5) is 0 Å². The normalized spacial score (nSPS) is 11.2. The number of nitrogens with zero attached hydrogens (tertiary/aromatic N) is 1. The van der Waals surface area contributed by atoms with Crippen molar-refractivity contribution in [3.8, 4) is 0 Å². The maximum absolute atomic E-state index is 10.2. The fraction of sp³-hybridized carbons (Fsp3) is 0.455. The Morgan fingerprint density at radius 2 is 2.31 bits per heavy atom. The van der Waals surface area contributed by atoms with E-state index in [4.69, 9.17) is 4.74 Å². The second kappa shape index (κ2) is 5.96. The van der Waals surface area contributed by atoms with Crippen molar-refractivity contribution < 1.29 is 9.53 Å². The lowest BCUT2D eigenvalue weighted by atomic mass is 10.1. The van der Waals surface area contributed by atoms with E-state index >= 15 is 0 Å². The van der Waals surface area contributed by atoms with Gasteiger partial charge in [-0.3, -0.25) is 9.78 Å². The third-order valence-electron chi connectivity index (χ3n) is 2.01. The number of nitrogens with one attached hydrogen (secondary N) is 1. The van der Waals surface area contributed by atoms with Crippen molar-refractivity contribution in [1.29, 1.82) is 0 Å². The van der Waals surface area contributed by atoms with Crippen molar-refractivity contribution in [3.63, 3.8) is 0 Å². The van der Waals surface area contributed by atoms with Gasteiger partial charge in [-0.25, -0.2) is 0 Å². The molecule has 1 heterocycles. The number of ether oxygens (including phenoxy) is 1. The van der Waals surface area contributed by atoms with Crippen molar-refractivity contribution in [2.75, 3.05) is 6.54 Å². The van der Waals surface area contributed by atoms with Crippen LogP contribution in [0, 0.1) is 0 Å². The molecule has 0 radical (unpaired) electrons. The van der Waals surface area contributed by atoms with Crippen LogP contribution in [0.3, 0.4) is 0 Å². The summed E-state index contributed by atoms with van der Waals surface area (Å²) in [5.74, 6) is 0. The van der Waals surface area contributed by atoms with Crippen LogP contribution in [-0.4, -0.2) is 23.6 Å². The van der Waals surface area contributed by atoms with Gasteiger partial charge in [0.1, 0.15) is 5.60 Å². The molecule has 1 aromatic rings. The zero-order valence-corrected chi connectivity index (χ0v) is 11.0. The van der Waals surface area contributed by atoms with Gasteiger partial charge >= 0.3 is 0 Å². The van der Waals surface area contributed by atoms with Gasteiger partial charge < -0.3 is 10.1 Å². The van der Waals surface area contributed by atoms with E-state index in [1.807, 2.05) is 26.0 Å². The number of hydrogen-bond donors (Lipinski definition) is 1. The van der Waals surface area contributed by atoms with Gasteiger partial charge in [0.05, 0.1) is 5.69 Å². The summed E-state index contributed by atoms with van der Waals surface area (Å²) < 4.78 is 5.87. The van der Waals surface area contributed by atoms with Crippen LogP contribution in [0.1, 0.15) is 19.5 Å². The number of rotatable bonds is 6. The largest absolute Gasteiger partial charge is 0.461 e. The van der Waals surface area contributed by atoms with E-state index in [-0.39, 0.29) is 0 Å². The van der Waals surface area contributed by atoms with Gasteiger partial charge in [0.25, 0.3) is 6.47 Å². The first-order valence-electron chi connectivity index (χ1n) is 4.96. The topological polar surface area (TPSA) is 51.2 Å². The minimum absolute atomic E-state index is 0.472. The quantitative estimate of drug-likeness (QED) is 0.812. The zero-order valence-electron chi connectivity index (χ0n) is 9.37. The molecule has 0 aliphatic rings. The molecule has 0 unspecified atom stereocenters. The van der Waals surface area contributed by atoms with E-state index in [1.165, 1.54) is 0 Å². The molecule has 0 amide bonds. The monoisotopic (exact) mass is 286 g/mol. The Kier molecular flexibility index (Phi) is 4.89. The van der Waals surface area contributed by atoms with Gasteiger partial charge in [-0.15, -0.1) is 0 Å². The molecule has 88 valence electrons. The summed E-state index contributed by atoms with van der Waals surface area (Å²) >= 11 is 3.32. The lowest BCUT2D eigenvalue weighted by molar-refractivity contribution is -0.139. The van der Waals surface area contributed by atoms with Gasteiger partial charge in [-0.1, -0.05) is 0 Å². The van der Waals surface area contributed by atoms with Crippen molar-refractivity contribution >= 4 is 22.4 Å². The average Bonchev–Trinajstić information content (AvgIpc) is 2.20. The molecular formula is C11H15BrN2O2. The van der Waals surface area contributed by atoms with E-state index in [9.17, 15) is 4.79 Å². The van der Waals surface area contributed by atoms with Crippen LogP contribution in [0.15, 0.2) is 22.8 Å². The Morgan fingerprint density at radius 1 is 1.56 bits per heavy atom. The van der Waals surface area contributed by atoms with Crippen molar-refractivity contribution in [3.05, 3.63) is 28.5 Å². The van der Waals surface area contributed by atoms with Gasteiger partial charge in [0.15, 0.2) is 0 Å². The highest BCUT2D eigenvalue weighted by molar-refractivity contribution is 9.10. The fourth-order valence-corrected chi connectivity index (χ4v) is 1.41. The number of halogens is 1. The van der Waals surface area contributed by atoms with Gasteiger partial charge in [0.2, 0.25) is 0 Å². The summed E-state index contributed by atoms with van der Waals surface area (Å²) in [6, 6.07) is 3.88. The summed E-state index contributed by atoms with van der Waals surface area (Å²) in [4.78, 5) is 14.4. The highest BCUT2D eigenvalue weighted by Crippen LogP contribution is 2.08. The molecule has 0 aromatic carbocycles. The smallest absolute Gasteiger partial charge is 0.293 e. The SMILES string of the molecule is CC(C)(CNCc1ccc(Br)cn1)OC=O. The molecule has 0 saturated heterocycles.